The van der Waals surface area contributed by atoms with Crippen LogP contribution in [0.3, 0.4) is 0 Å². The molecule has 190 valence electrons. The van der Waals surface area contributed by atoms with E-state index in [0.29, 0.717) is 13.0 Å². The molecule has 0 spiro atoms. The van der Waals surface area contributed by atoms with E-state index < -0.39 is 6.09 Å². The zero-order valence-corrected chi connectivity index (χ0v) is 23.1. The molecule has 1 amide bonds. The van der Waals surface area contributed by atoms with Gasteiger partial charge < -0.3 is 14.7 Å². The second-order valence-electron chi connectivity index (χ2n) is 12.8. The van der Waals surface area contributed by atoms with Gasteiger partial charge in [-0.25, -0.2) is 9.78 Å². The average molecular weight is 479 g/mol. The van der Waals surface area contributed by atoms with Crippen LogP contribution in [0.4, 0.5) is 4.79 Å². The van der Waals surface area contributed by atoms with Crippen molar-refractivity contribution >= 4 is 11.7 Å². The number of carboxylic acid groups (broad SMARTS) is 1. The third kappa shape index (κ3) is 5.71. The Kier molecular flexibility index (Phi) is 7.14. The standard InChI is InChI=1S/C30H42N2O3/c1-28(2,3)21-16-20(17-22(26(21)35-10)29(4,5)6)24-13-11-12-23(31-24)19-14-15-32(27(33)34)25(18-19)30(7,8)9/h11-14,16-17,25H,15,18H2,1-10H3,(H,33,34). The predicted molar refractivity (Wildman–Crippen MR) is 144 cm³/mol. The Morgan fingerprint density at radius 2 is 1.51 bits per heavy atom. The van der Waals surface area contributed by atoms with Crippen LogP contribution in [0.25, 0.3) is 16.8 Å². The van der Waals surface area contributed by atoms with Crippen LogP contribution in [-0.4, -0.2) is 40.8 Å². The smallest absolute Gasteiger partial charge is 0.407 e. The molecule has 0 radical (unpaired) electrons. The first-order chi connectivity index (χ1) is 16.0. The molecule has 1 aliphatic heterocycles. The van der Waals surface area contributed by atoms with Gasteiger partial charge in [-0.2, -0.15) is 0 Å². The Morgan fingerprint density at radius 3 is 1.97 bits per heavy atom. The maximum absolute atomic E-state index is 11.8. The van der Waals surface area contributed by atoms with Crippen LogP contribution in [0.1, 0.15) is 85.6 Å². The van der Waals surface area contributed by atoms with E-state index in [4.69, 9.17) is 9.72 Å². The molecule has 0 fully saturated rings. The van der Waals surface area contributed by atoms with Crippen LogP contribution < -0.4 is 4.74 Å². The lowest BCUT2D eigenvalue weighted by atomic mass is 9.78. The Hall–Kier alpha value is -2.82. The molecule has 3 rings (SSSR count). The van der Waals surface area contributed by atoms with Crippen molar-refractivity contribution in [2.75, 3.05) is 13.7 Å². The average Bonchev–Trinajstić information content (AvgIpc) is 2.76. The van der Waals surface area contributed by atoms with E-state index in [-0.39, 0.29) is 22.3 Å². The van der Waals surface area contributed by atoms with Crippen LogP contribution in [-0.2, 0) is 10.8 Å². The van der Waals surface area contributed by atoms with Gasteiger partial charge in [-0.3, -0.25) is 0 Å². The molecule has 5 nitrogen and oxygen atoms in total. The Labute approximate surface area is 211 Å². The minimum Gasteiger partial charge on any atom is -0.496 e. The second kappa shape index (κ2) is 9.33. The van der Waals surface area contributed by atoms with Gasteiger partial charge in [-0.05, 0) is 52.5 Å². The van der Waals surface area contributed by atoms with E-state index in [0.717, 1.165) is 39.4 Å². The molecule has 1 atom stereocenters. The number of hydrogen-bond acceptors (Lipinski definition) is 3. The summed E-state index contributed by atoms with van der Waals surface area (Å²) in [5.41, 5.74) is 5.96. The van der Waals surface area contributed by atoms with E-state index >= 15 is 0 Å². The molecule has 0 aliphatic carbocycles. The van der Waals surface area contributed by atoms with E-state index in [9.17, 15) is 9.90 Å². The van der Waals surface area contributed by atoms with Crippen molar-refractivity contribution in [1.29, 1.82) is 0 Å². The largest absolute Gasteiger partial charge is 0.496 e. The zero-order chi connectivity index (χ0) is 26.3. The Balaban J connectivity index is 2.12. The van der Waals surface area contributed by atoms with Crippen LogP contribution in [0.15, 0.2) is 36.4 Å². The van der Waals surface area contributed by atoms with E-state index in [1.807, 2.05) is 18.2 Å². The number of amides is 1. The highest BCUT2D eigenvalue weighted by atomic mass is 16.5. The Bertz CT molecular complexity index is 1090. The lowest BCUT2D eigenvalue weighted by Crippen LogP contribution is -2.48. The molecule has 5 heteroatoms. The number of rotatable bonds is 3. The number of methoxy groups -OCH3 is 1. The number of carbonyl (C=O) groups is 1. The van der Waals surface area contributed by atoms with Crippen molar-refractivity contribution in [2.24, 2.45) is 5.41 Å². The van der Waals surface area contributed by atoms with Crippen molar-refractivity contribution in [3.05, 3.63) is 53.2 Å². The molecule has 1 unspecified atom stereocenters. The maximum Gasteiger partial charge on any atom is 0.407 e. The summed E-state index contributed by atoms with van der Waals surface area (Å²) >= 11 is 0. The molecule has 2 heterocycles. The first-order valence-corrected chi connectivity index (χ1v) is 12.4. The van der Waals surface area contributed by atoms with Crippen molar-refractivity contribution in [2.45, 2.75) is 85.6 Å². The molecule has 1 aromatic heterocycles. The summed E-state index contributed by atoms with van der Waals surface area (Å²) < 4.78 is 5.93. The van der Waals surface area contributed by atoms with Crippen molar-refractivity contribution in [3.63, 3.8) is 0 Å². The number of ether oxygens (including phenoxy) is 1. The fourth-order valence-electron chi connectivity index (χ4n) is 4.82. The molecule has 1 aliphatic rings. The van der Waals surface area contributed by atoms with Gasteiger partial charge in [-0.15, -0.1) is 0 Å². The topological polar surface area (TPSA) is 62.7 Å². The number of nitrogens with zero attached hydrogens (tertiary/aromatic N) is 2. The van der Waals surface area contributed by atoms with E-state index in [1.54, 1.807) is 12.0 Å². The van der Waals surface area contributed by atoms with Crippen LogP contribution >= 0.6 is 0 Å². The summed E-state index contributed by atoms with van der Waals surface area (Å²) in [5.74, 6) is 0.946. The van der Waals surface area contributed by atoms with E-state index in [2.05, 4.69) is 80.5 Å². The van der Waals surface area contributed by atoms with Crippen molar-refractivity contribution in [1.82, 2.24) is 9.88 Å². The number of aromatic nitrogens is 1. The fourth-order valence-corrected chi connectivity index (χ4v) is 4.82. The molecule has 2 aromatic rings. The van der Waals surface area contributed by atoms with E-state index in [1.165, 1.54) is 0 Å². The van der Waals surface area contributed by atoms with Gasteiger partial charge in [0, 0.05) is 29.3 Å². The highest BCUT2D eigenvalue weighted by Gasteiger charge is 2.36. The monoisotopic (exact) mass is 478 g/mol. The van der Waals surface area contributed by atoms with Gasteiger partial charge in [0.25, 0.3) is 0 Å². The van der Waals surface area contributed by atoms with Gasteiger partial charge in [0.1, 0.15) is 5.75 Å². The minimum absolute atomic E-state index is 0.0922. The molecule has 0 saturated carbocycles. The molecule has 1 N–H and O–H groups in total. The fraction of sp³-hybridized carbons (Fsp3) is 0.533. The highest BCUT2D eigenvalue weighted by molar-refractivity contribution is 5.73. The van der Waals surface area contributed by atoms with Crippen LogP contribution in [0.2, 0.25) is 0 Å². The number of benzene rings is 1. The third-order valence-corrected chi connectivity index (χ3v) is 6.85. The molecule has 0 saturated heterocycles. The summed E-state index contributed by atoms with van der Waals surface area (Å²) in [6.45, 7) is 19.9. The summed E-state index contributed by atoms with van der Waals surface area (Å²) in [7, 11) is 1.75. The van der Waals surface area contributed by atoms with Crippen LogP contribution in [0.5, 0.6) is 5.75 Å². The normalized spacial score (nSPS) is 17.3. The quantitative estimate of drug-likeness (QED) is 0.495. The lowest BCUT2D eigenvalue weighted by Gasteiger charge is -2.41. The third-order valence-electron chi connectivity index (χ3n) is 6.85. The summed E-state index contributed by atoms with van der Waals surface area (Å²) in [6, 6.07) is 10.4. The molecule has 35 heavy (non-hydrogen) atoms. The van der Waals surface area contributed by atoms with Gasteiger partial charge >= 0.3 is 6.09 Å². The molecule has 0 bridgehead atoms. The van der Waals surface area contributed by atoms with Gasteiger partial charge in [0.2, 0.25) is 0 Å². The first-order valence-electron chi connectivity index (χ1n) is 12.4. The molecular formula is C30H42N2O3. The van der Waals surface area contributed by atoms with Gasteiger partial charge in [0.05, 0.1) is 18.5 Å². The summed E-state index contributed by atoms with van der Waals surface area (Å²) in [4.78, 5) is 18.5. The lowest BCUT2D eigenvalue weighted by molar-refractivity contribution is 0.0883. The van der Waals surface area contributed by atoms with Gasteiger partial charge in [-0.1, -0.05) is 74.5 Å². The zero-order valence-electron chi connectivity index (χ0n) is 23.1. The number of hydrogen-bond donors (Lipinski definition) is 1. The van der Waals surface area contributed by atoms with Crippen molar-refractivity contribution in [3.8, 4) is 17.0 Å². The summed E-state index contributed by atoms with van der Waals surface area (Å²) in [6.07, 6.45) is 1.79. The highest BCUT2D eigenvalue weighted by Crippen LogP contribution is 2.43. The second-order valence-corrected chi connectivity index (χ2v) is 12.8. The van der Waals surface area contributed by atoms with Crippen LogP contribution in [0, 0.1) is 5.41 Å². The summed E-state index contributed by atoms with van der Waals surface area (Å²) in [5, 5.41) is 9.72. The number of pyridine rings is 1. The molecule has 1 aromatic carbocycles. The maximum atomic E-state index is 11.8. The molecular weight excluding hydrogens is 436 g/mol. The minimum atomic E-state index is -0.871. The predicted octanol–water partition coefficient (Wildman–Crippen LogP) is 7.53. The SMILES string of the molecule is COc1c(C(C)(C)C)cc(-c2cccc(C3=CCN(C(=O)O)C(C(C)(C)C)C3)n2)cc1C(C)(C)C. The first kappa shape index (κ1) is 26.8. The van der Waals surface area contributed by atoms with Gasteiger partial charge in [0.15, 0.2) is 0 Å². The Morgan fingerprint density at radius 1 is 0.971 bits per heavy atom. The van der Waals surface area contributed by atoms with Crippen molar-refractivity contribution < 1.29 is 14.6 Å².